The molecule has 1 aromatic heterocycles. The summed E-state index contributed by atoms with van der Waals surface area (Å²) < 4.78 is 13.2. The van der Waals surface area contributed by atoms with Gasteiger partial charge in [0.25, 0.3) is 0 Å². The van der Waals surface area contributed by atoms with Gasteiger partial charge in [-0.2, -0.15) is 4.39 Å². The van der Waals surface area contributed by atoms with Crippen LogP contribution in [0, 0.1) is 16.4 Å². The molecule has 0 bridgehead atoms. The molecule has 0 aliphatic heterocycles. The lowest BCUT2D eigenvalue weighted by Crippen LogP contribution is -1.98. The number of halogens is 2. The normalized spacial score (nSPS) is 9.90. The summed E-state index contributed by atoms with van der Waals surface area (Å²) in [6.45, 7) is 1.81. The average molecular weight is 252 g/mol. The third kappa shape index (κ3) is 1.36. The minimum Gasteiger partial charge on any atom is -0.383 e. The van der Waals surface area contributed by atoms with Crippen LogP contribution in [0.4, 0.5) is 10.2 Å². The summed E-state index contributed by atoms with van der Waals surface area (Å²) in [4.78, 5) is 3.44. The van der Waals surface area contributed by atoms with Crippen molar-refractivity contribution in [1.29, 1.82) is 0 Å². The Morgan fingerprint density at radius 3 is 2.80 bits per heavy atom. The number of anilines is 1. The van der Waals surface area contributed by atoms with Crippen LogP contribution in [0.25, 0.3) is 0 Å². The van der Waals surface area contributed by atoms with Gasteiger partial charge in [0.2, 0.25) is 5.95 Å². The Labute approximate surface area is 71.8 Å². The molecule has 1 heterocycles. The molecule has 0 unspecified atom stereocenters. The number of pyridine rings is 1. The maximum atomic E-state index is 12.4. The van der Waals surface area contributed by atoms with Gasteiger partial charge in [0.15, 0.2) is 0 Å². The van der Waals surface area contributed by atoms with E-state index in [4.69, 9.17) is 5.73 Å². The van der Waals surface area contributed by atoms with E-state index in [1.807, 2.05) is 29.5 Å². The van der Waals surface area contributed by atoms with Gasteiger partial charge in [0, 0.05) is 15.2 Å². The Bertz CT molecular complexity index is 239. The first kappa shape index (κ1) is 7.71. The van der Waals surface area contributed by atoms with Gasteiger partial charge < -0.3 is 5.73 Å². The van der Waals surface area contributed by atoms with Gasteiger partial charge in [0.05, 0.1) is 0 Å². The lowest BCUT2D eigenvalue weighted by molar-refractivity contribution is 0.584. The summed E-state index contributed by atoms with van der Waals surface area (Å²) in [5, 5.41) is 0. The molecule has 0 atom stereocenters. The molecule has 0 amide bonds. The van der Waals surface area contributed by atoms with E-state index in [-0.39, 0.29) is 5.82 Å². The maximum Gasteiger partial charge on any atom is 0.215 e. The van der Waals surface area contributed by atoms with E-state index in [2.05, 4.69) is 4.98 Å². The molecule has 0 saturated carbocycles. The molecule has 2 N–H and O–H groups in total. The van der Waals surface area contributed by atoms with Crippen molar-refractivity contribution in [2.24, 2.45) is 0 Å². The van der Waals surface area contributed by atoms with Crippen LogP contribution in [0.3, 0.4) is 0 Å². The van der Waals surface area contributed by atoms with Gasteiger partial charge in [-0.05, 0) is 29.5 Å². The second-order valence-electron chi connectivity index (χ2n) is 1.94. The Morgan fingerprint density at radius 1 is 1.70 bits per heavy atom. The van der Waals surface area contributed by atoms with Crippen LogP contribution in [0.5, 0.6) is 0 Å². The number of aromatic nitrogens is 1. The second kappa shape index (κ2) is 2.69. The van der Waals surface area contributed by atoms with Gasteiger partial charge in [-0.3, -0.25) is 0 Å². The molecular weight excluding hydrogens is 246 g/mol. The fraction of sp³-hybridized carbons (Fsp3) is 0.167. The molecule has 0 radical (unpaired) electrons. The van der Waals surface area contributed by atoms with Crippen molar-refractivity contribution >= 4 is 28.4 Å². The Morgan fingerprint density at radius 2 is 2.30 bits per heavy atom. The first-order chi connectivity index (χ1) is 4.61. The summed E-state index contributed by atoms with van der Waals surface area (Å²) in [7, 11) is 0. The molecule has 0 aromatic carbocycles. The van der Waals surface area contributed by atoms with Gasteiger partial charge in [0.1, 0.15) is 5.82 Å². The van der Waals surface area contributed by atoms with E-state index in [0.29, 0.717) is 0 Å². The standard InChI is InChI=1S/C6H6FIN2/c1-3-4(8)2-5(7)10-6(3)9/h2H,1H3,(H2,9,10). The number of nitrogen functional groups attached to an aromatic ring is 1. The smallest absolute Gasteiger partial charge is 0.215 e. The van der Waals surface area contributed by atoms with E-state index in [0.717, 1.165) is 9.13 Å². The van der Waals surface area contributed by atoms with E-state index < -0.39 is 5.95 Å². The van der Waals surface area contributed by atoms with E-state index in [9.17, 15) is 4.39 Å². The highest BCUT2D eigenvalue weighted by molar-refractivity contribution is 14.1. The summed E-state index contributed by atoms with van der Waals surface area (Å²) in [6.07, 6.45) is 0. The van der Waals surface area contributed by atoms with Gasteiger partial charge in [-0.15, -0.1) is 0 Å². The largest absolute Gasteiger partial charge is 0.383 e. The zero-order valence-electron chi connectivity index (χ0n) is 5.36. The highest BCUT2D eigenvalue weighted by atomic mass is 127. The first-order valence-corrected chi connectivity index (χ1v) is 3.77. The molecule has 4 heteroatoms. The van der Waals surface area contributed by atoms with Crippen LogP contribution < -0.4 is 5.73 Å². The van der Waals surface area contributed by atoms with Gasteiger partial charge in [-0.25, -0.2) is 4.98 Å². The molecule has 0 aliphatic rings. The van der Waals surface area contributed by atoms with E-state index in [1.165, 1.54) is 6.07 Å². The fourth-order valence-electron chi connectivity index (χ4n) is 0.566. The van der Waals surface area contributed by atoms with E-state index in [1.54, 1.807) is 0 Å². The van der Waals surface area contributed by atoms with Crippen molar-refractivity contribution in [3.63, 3.8) is 0 Å². The molecule has 0 aliphatic carbocycles. The van der Waals surface area contributed by atoms with Crippen molar-refractivity contribution in [2.45, 2.75) is 6.92 Å². The zero-order chi connectivity index (χ0) is 7.72. The van der Waals surface area contributed by atoms with Crippen molar-refractivity contribution in [3.8, 4) is 0 Å². The quantitative estimate of drug-likeness (QED) is 0.564. The molecular formula is C6H6FIN2. The van der Waals surface area contributed by atoms with Crippen molar-refractivity contribution < 1.29 is 4.39 Å². The molecule has 54 valence electrons. The first-order valence-electron chi connectivity index (χ1n) is 2.69. The molecule has 0 saturated heterocycles. The van der Waals surface area contributed by atoms with Crippen LogP contribution in [0.2, 0.25) is 0 Å². The van der Waals surface area contributed by atoms with Gasteiger partial charge >= 0.3 is 0 Å². The molecule has 10 heavy (non-hydrogen) atoms. The molecule has 0 spiro atoms. The SMILES string of the molecule is Cc1c(I)cc(F)nc1N. The Kier molecular flexibility index (Phi) is 2.08. The summed E-state index contributed by atoms with van der Waals surface area (Å²) in [6, 6.07) is 1.35. The second-order valence-corrected chi connectivity index (χ2v) is 3.10. The minimum atomic E-state index is -0.521. The van der Waals surface area contributed by atoms with Crippen molar-refractivity contribution in [2.75, 3.05) is 5.73 Å². The predicted octanol–water partition coefficient (Wildman–Crippen LogP) is 1.72. The van der Waals surface area contributed by atoms with Crippen molar-refractivity contribution in [1.82, 2.24) is 4.98 Å². The Balaban J connectivity index is 3.31. The highest BCUT2D eigenvalue weighted by Gasteiger charge is 2.02. The highest BCUT2D eigenvalue weighted by Crippen LogP contribution is 2.16. The van der Waals surface area contributed by atoms with Crippen LogP contribution in [0.1, 0.15) is 5.56 Å². The summed E-state index contributed by atoms with van der Waals surface area (Å²) in [5.41, 5.74) is 6.20. The topological polar surface area (TPSA) is 38.9 Å². The fourth-order valence-corrected chi connectivity index (χ4v) is 1.10. The van der Waals surface area contributed by atoms with Crippen LogP contribution in [0.15, 0.2) is 6.07 Å². The zero-order valence-corrected chi connectivity index (χ0v) is 7.52. The van der Waals surface area contributed by atoms with Crippen LogP contribution in [-0.4, -0.2) is 4.98 Å². The van der Waals surface area contributed by atoms with Crippen LogP contribution >= 0.6 is 22.6 Å². The predicted molar refractivity (Wildman–Crippen MR) is 46.1 cm³/mol. The molecule has 0 fully saturated rings. The average Bonchev–Trinajstić information content (AvgIpc) is 1.82. The summed E-state index contributed by atoms with van der Waals surface area (Å²) >= 11 is 2.02. The number of rotatable bonds is 0. The Hall–Kier alpha value is -0.390. The van der Waals surface area contributed by atoms with Gasteiger partial charge in [-0.1, -0.05) is 0 Å². The third-order valence-corrected chi connectivity index (χ3v) is 2.34. The number of hydrogen-bond acceptors (Lipinski definition) is 2. The molecule has 2 nitrogen and oxygen atoms in total. The number of nitrogens with zero attached hydrogens (tertiary/aromatic N) is 1. The lowest BCUT2D eigenvalue weighted by atomic mass is 10.3. The lowest BCUT2D eigenvalue weighted by Gasteiger charge is -1.99. The molecule has 1 rings (SSSR count). The van der Waals surface area contributed by atoms with Crippen molar-refractivity contribution in [3.05, 3.63) is 21.1 Å². The third-order valence-electron chi connectivity index (χ3n) is 1.22. The number of hydrogen-bond donors (Lipinski definition) is 1. The summed E-state index contributed by atoms with van der Waals surface area (Å²) in [5.74, 6) is -0.253. The number of nitrogens with two attached hydrogens (primary N) is 1. The molecule has 1 aromatic rings. The van der Waals surface area contributed by atoms with E-state index >= 15 is 0 Å². The monoisotopic (exact) mass is 252 g/mol. The minimum absolute atomic E-state index is 0.268. The maximum absolute atomic E-state index is 12.4. The van der Waals surface area contributed by atoms with Crippen LogP contribution in [-0.2, 0) is 0 Å².